The highest BCUT2D eigenvalue weighted by molar-refractivity contribution is 7.99. The summed E-state index contributed by atoms with van der Waals surface area (Å²) in [5.41, 5.74) is -1.09. The molecule has 1 aromatic carbocycles. The third-order valence-corrected chi connectivity index (χ3v) is 6.00. The quantitative estimate of drug-likeness (QED) is 0.550. The van der Waals surface area contributed by atoms with Crippen LogP contribution in [0.4, 0.5) is 0 Å². The number of carboxylic acids is 1. The van der Waals surface area contributed by atoms with Gasteiger partial charge in [0.15, 0.2) is 5.60 Å². The first-order valence-electron chi connectivity index (χ1n) is 7.76. The summed E-state index contributed by atoms with van der Waals surface area (Å²) in [6.45, 7) is 3.74. The van der Waals surface area contributed by atoms with Gasteiger partial charge in [-0.3, -0.25) is 0 Å². The summed E-state index contributed by atoms with van der Waals surface area (Å²) in [4.78, 5) is 16.1. The van der Waals surface area contributed by atoms with E-state index < -0.39 is 25.9 Å². The molecule has 0 aliphatic heterocycles. The van der Waals surface area contributed by atoms with Crippen LogP contribution in [0.15, 0.2) is 41.4 Å². The number of nitrogens with zero attached hydrogens (tertiary/aromatic N) is 1. The number of aliphatic hydroxyl groups is 1. The molecular weight excluding hydrogens is 345 g/mol. The van der Waals surface area contributed by atoms with Crippen molar-refractivity contribution in [1.29, 1.82) is 0 Å². The molecule has 5 nitrogen and oxygen atoms in total. The second-order valence-corrected chi connectivity index (χ2v) is 7.89. The standard InChI is InChI=1S/C17H22NO4PS/c1-11(2)13(17(21,10-23-22)16(19)20)9-24-15-8-7-12-5-3-4-6-14(12)18-15/h3-8,11,13,21H,9-10,23H2,1-2H3,(H,19,20). The largest absolute Gasteiger partial charge is 0.479 e. The van der Waals surface area contributed by atoms with Gasteiger partial charge in [-0.15, -0.1) is 11.8 Å². The summed E-state index contributed by atoms with van der Waals surface area (Å²) >= 11 is 1.41. The summed E-state index contributed by atoms with van der Waals surface area (Å²) in [6.07, 6.45) is -0.211. The smallest absolute Gasteiger partial charge is 0.336 e. The zero-order valence-corrected chi connectivity index (χ0v) is 15.6. The van der Waals surface area contributed by atoms with Gasteiger partial charge in [0.05, 0.1) is 19.0 Å². The maximum absolute atomic E-state index is 11.5. The van der Waals surface area contributed by atoms with E-state index in [2.05, 4.69) is 4.98 Å². The molecule has 1 heterocycles. The molecule has 0 fully saturated rings. The molecule has 0 saturated heterocycles. The van der Waals surface area contributed by atoms with Crippen LogP contribution in [0.3, 0.4) is 0 Å². The number of fused-ring (bicyclic) bond motifs is 1. The molecule has 0 radical (unpaired) electrons. The molecular formula is C17H22NO4PS. The highest BCUT2D eigenvalue weighted by atomic mass is 32.2. The van der Waals surface area contributed by atoms with Gasteiger partial charge in [-0.05, 0) is 18.1 Å². The Hall–Kier alpha value is -1.36. The summed E-state index contributed by atoms with van der Waals surface area (Å²) < 4.78 is 11.0. The van der Waals surface area contributed by atoms with E-state index in [1.165, 1.54) is 11.8 Å². The van der Waals surface area contributed by atoms with Crippen molar-refractivity contribution >= 4 is 37.1 Å². The van der Waals surface area contributed by atoms with Crippen molar-refractivity contribution in [2.75, 3.05) is 11.9 Å². The molecule has 0 aliphatic rings. The number of aromatic nitrogens is 1. The van der Waals surface area contributed by atoms with Gasteiger partial charge in [0.1, 0.15) is 0 Å². The number of aliphatic carboxylic acids is 1. The lowest BCUT2D eigenvalue weighted by Crippen LogP contribution is -2.50. The van der Waals surface area contributed by atoms with Crippen molar-refractivity contribution in [2.45, 2.75) is 24.5 Å². The van der Waals surface area contributed by atoms with Crippen molar-refractivity contribution < 1.29 is 19.6 Å². The Morgan fingerprint density at radius 3 is 2.62 bits per heavy atom. The summed E-state index contributed by atoms with van der Waals surface area (Å²) in [5.74, 6) is -1.50. The lowest BCUT2D eigenvalue weighted by molar-refractivity contribution is -0.162. The molecule has 7 heteroatoms. The SMILES string of the molecule is CC(C)C(CSc1ccc2ccccc2n1)C(O)(C[PH2]=O)C(=O)O. The van der Waals surface area contributed by atoms with E-state index in [1.807, 2.05) is 50.2 Å². The lowest BCUT2D eigenvalue weighted by Gasteiger charge is -2.33. The van der Waals surface area contributed by atoms with E-state index in [1.54, 1.807) is 0 Å². The van der Waals surface area contributed by atoms with Gasteiger partial charge in [0.25, 0.3) is 0 Å². The predicted molar refractivity (Wildman–Crippen MR) is 98.6 cm³/mol. The van der Waals surface area contributed by atoms with Gasteiger partial charge in [0, 0.05) is 23.2 Å². The molecule has 0 aliphatic carbocycles. The molecule has 0 amide bonds. The molecule has 2 N–H and O–H groups in total. The predicted octanol–water partition coefficient (Wildman–Crippen LogP) is 3.17. The number of carbonyl (C=O) groups is 1. The maximum atomic E-state index is 11.5. The second-order valence-electron chi connectivity index (χ2n) is 6.10. The van der Waals surface area contributed by atoms with Crippen LogP contribution < -0.4 is 0 Å². The van der Waals surface area contributed by atoms with E-state index in [9.17, 15) is 19.6 Å². The van der Waals surface area contributed by atoms with Crippen LogP contribution in [-0.4, -0.2) is 38.7 Å². The van der Waals surface area contributed by atoms with Gasteiger partial charge in [-0.1, -0.05) is 38.1 Å². The number of pyridine rings is 1. The van der Waals surface area contributed by atoms with E-state index in [4.69, 9.17) is 0 Å². The maximum Gasteiger partial charge on any atom is 0.336 e. The average Bonchev–Trinajstić information content (AvgIpc) is 2.54. The third-order valence-electron chi connectivity index (χ3n) is 4.17. The number of thioether (sulfide) groups is 1. The van der Waals surface area contributed by atoms with Crippen LogP contribution in [0.25, 0.3) is 10.9 Å². The minimum Gasteiger partial charge on any atom is -0.479 e. The number of carboxylic acid groups (broad SMARTS) is 1. The van der Waals surface area contributed by atoms with Crippen LogP contribution in [0.5, 0.6) is 0 Å². The zero-order valence-electron chi connectivity index (χ0n) is 13.7. The molecule has 3 atom stereocenters. The Balaban J connectivity index is 2.20. The fraction of sp³-hybridized carbons (Fsp3) is 0.412. The highest BCUT2D eigenvalue weighted by Crippen LogP contribution is 2.34. The molecule has 0 bridgehead atoms. The van der Waals surface area contributed by atoms with Gasteiger partial charge >= 0.3 is 5.97 Å². The van der Waals surface area contributed by atoms with Crippen molar-refractivity contribution in [1.82, 2.24) is 4.98 Å². The third kappa shape index (κ3) is 4.18. The summed E-state index contributed by atoms with van der Waals surface area (Å²) in [6, 6.07) is 11.6. The molecule has 2 aromatic rings. The molecule has 0 spiro atoms. The molecule has 130 valence electrons. The molecule has 2 rings (SSSR count). The van der Waals surface area contributed by atoms with Gasteiger partial charge in [-0.25, -0.2) is 9.78 Å². The number of hydrogen-bond acceptors (Lipinski definition) is 5. The molecule has 24 heavy (non-hydrogen) atoms. The fourth-order valence-corrected chi connectivity index (χ4v) is 4.78. The van der Waals surface area contributed by atoms with Crippen LogP contribution in [0.1, 0.15) is 13.8 Å². The number of hydrogen-bond donors (Lipinski definition) is 2. The Labute approximate surface area is 146 Å². The van der Waals surface area contributed by atoms with Gasteiger partial charge in [-0.2, -0.15) is 0 Å². The van der Waals surface area contributed by atoms with Crippen molar-refractivity contribution in [2.24, 2.45) is 11.8 Å². The summed E-state index contributed by atoms with van der Waals surface area (Å²) in [7, 11) is -1.34. The normalized spacial score (nSPS) is 15.8. The van der Waals surface area contributed by atoms with E-state index in [0.29, 0.717) is 5.75 Å². The summed E-state index contributed by atoms with van der Waals surface area (Å²) in [5, 5.41) is 21.8. The first kappa shape index (κ1) is 19.0. The van der Waals surface area contributed by atoms with Crippen LogP contribution in [0, 0.1) is 11.8 Å². The van der Waals surface area contributed by atoms with E-state index in [0.717, 1.165) is 15.9 Å². The second kappa shape index (κ2) is 8.15. The van der Waals surface area contributed by atoms with Crippen molar-refractivity contribution in [3.05, 3.63) is 36.4 Å². The topological polar surface area (TPSA) is 87.5 Å². The zero-order chi connectivity index (χ0) is 17.7. The van der Waals surface area contributed by atoms with Crippen molar-refractivity contribution in [3.63, 3.8) is 0 Å². The first-order valence-corrected chi connectivity index (χ1v) is 10.0. The molecule has 1 aromatic heterocycles. The Bertz CT molecular complexity index is 739. The number of benzene rings is 1. The average molecular weight is 367 g/mol. The minimum absolute atomic E-state index is 0.0648. The molecule has 0 saturated carbocycles. The number of para-hydroxylation sites is 1. The molecule has 3 unspecified atom stereocenters. The van der Waals surface area contributed by atoms with E-state index >= 15 is 0 Å². The Morgan fingerprint density at radius 1 is 1.29 bits per heavy atom. The lowest BCUT2D eigenvalue weighted by atomic mass is 9.82. The fourth-order valence-electron chi connectivity index (χ4n) is 2.71. The minimum atomic E-state index is -1.96. The van der Waals surface area contributed by atoms with Gasteiger partial charge in [0.2, 0.25) is 0 Å². The number of rotatable bonds is 8. The van der Waals surface area contributed by atoms with E-state index in [-0.39, 0.29) is 12.1 Å². The van der Waals surface area contributed by atoms with Crippen LogP contribution in [0.2, 0.25) is 0 Å². The van der Waals surface area contributed by atoms with Crippen molar-refractivity contribution in [3.8, 4) is 0 Å². The highest BCUT2D eigenvalue weighted by Gasteiger charge is 2.45. The Morgan fingerprint density at radius 2 is 2.00 bits per heavy atom. The van der Waals surface area contributed by atoms with Crippen LogP contribution in [-0.2, 0) is 9.36 Å². The monoisotopic (exact) mass is 367 g/mol. The van der Waals surface area contributed by atoms with Crippen LogP contribution >= 0.6 is 20.2 Å². The first-order chi connectivity index (χ1) is 11.4. The van der Waals surface area contributed by atoms with Gasteiger partial charge < -0.3 is 14.8 Å². The Kier molecular flexibility index (Phi) is 6.44.